The summed E-state index contributed by atoms with van der Waals surface area (Å²) in [6.45, 7) is 5.24. The van der Waals surface area contributed by atoms with Crippen molar-refractivity contribution in [3.8, 4) is 0 Å². The van der Waals surface area contributed by atoms with Gasteiger partial charge in [0, 0.05) is 10.6 Å². The molecule has 1 aromatic carbocycles. The Kier molecular flexibility index (Phi) is 9.16. The fraction of sp³-hybridized carbons (Fsp3) is 0.538. The van der Waals surface area contributed by atoms with Crippen molar-refractivity contribution in [2.75, 3.05) is 6.61 Å². The molecule has 1 heterocycles. The van der Waals surface area contributed by atoms with Gasteiger partial charge in [0.1, 0.15) is 36.3 Å². The highest BCUT2D eigenvalue weighted by Gasteiger charge is 2.46. The second-order valence-electron chi connectivity index (χ2n) is 8.72. The zero-order chi connectivity index (χ0) is 24.1. The molecule has 6 nitrogen and oxygen atoms in total. The van der Waals surface area contributed by atoms with Gasteiger partial charge >= 0.3 is 0 Å². The Hall–Kier alpha value is -1.67. The van der Waals surface area contributed by atoms with Crippen LogP contribution in [-0.2, 0) is 22.3 Å². The predicted octanol–water partition coefficient (Wildman–Crippen LogP) is 3.16. The van der Waals surface area contributed by atoms with Crippen LogP contribution in [0.5, 0.6) is 0 Å². The van der Waals surface area contributed by atoms with Crippen LogP contribution in [0.3, 0.4) is 0 Å². The van der Waals surface area contributed by atoms with E-state index in [2.05, 4.69) is 31.2 Å². The molecule has 2 aliphatic rings. The normalized spacial score (nSPS) is 29.6. The molecule has 4 N–H and O–H groups in total. The molecule has 33 heavy (non-hydrogen) atoms. The highest BCUT2D eigenvalue weighted by molar-refractivity contribution is 6.29. The maximum Gasteiger partial charge on any atom is 0.121 e. The van der Waals surface area contributed by atoms with Crippen molar-refractivity contribution in [3.05, 3.63) is 69.5 Å². The van der Waals surface area contributed by atoms with Gasteiger partial charge in [-0.2, -0.15) is 0 Å². The summed E-state index contributed by atoms with van der Waals surface area (Å²) in [6.07, 6.45) is 0.785. The zero-order valence-electron chi connectivity index (χ0n) is 19.4. The lowest BCUT2D eigenvalue weighted by molar-refractivity contribution is -0.219. The number of benzene rings is 1. The minimum atomic E-state index is -1.48. The van der Waals surface area contributed by atoms with Crippen molar-refractivity contribution < 1.29 is 29.9 Å². The third-order valence-corrected chi connectivity index (χ3v) is 6.40. The molecule has 1 saturated heterocycles. The molecule has 1 aromatic rings. The second kappa shape index (κ2) is 11.6. The van der Waals surface area contributed by atoms with Gasteiger partial charge in [0.25, 0.3) is 0 Å². The monoisotopic (exact) mass is 478 g/mol. The Morgan fingerprint density at radius 3 is 2.24 bits per heavy atom. The molecule has 1 aliphatic carbocycles. The van der Waals surface area contributed by atoms with E-state index in [0.717, 1.165) is 30.4 Å². The van der Waals surface area contributed by atoms with Gasteiger partial charge in [0.05, 0.1) is 12.7 Å². The number of aryl methyl sites for hydroxylation is 1. The van der Waals surface area contributed by atoms with E-state index in [1.165, 1.54) is 5.56 Å². The van der Waals surface area contributed by atoms with E-state index < -0.39 is 37.1 Å². The molecule has 2 fully saturated rings. The van der Waals surface area contributed by atoms with Crippen molar-refractivity contribution >= 4 is 11.6 Å². The quantitative estimate of drug-likeness (QED) is 0.321. The van der Waals surface area contributed by atoms with Gasteiger partial charge < -0.3 is 29.9 Å². The van der Waals surface area contributed by atoms with E-state index in [0.29, 0.717) is 22.8 Å². The molecule has 7 heteroatoms. The van der Waals surface area contributed by atoms with Crippen LogP contribution in [0.25, 0.3) is 0 Å². The molecule has 182 valence electrons. The fourth-order valence-corrected chi connectivity index (χ4v) is 4.01. The topological polar surface area (TPSA) is 99.4 Å². The molecule has 0 radical (unpaired) electrons. The predicted molar refractivity (Wildman–Crippen MR) is 128 cm³/mol. The van der Waals surface area contributed by atoms with Gasteiger partial charge in [-0.25, -0.2) is 0 Å². The molecule has 1 aliphatic heterocycles. The molecule has 0 amide bonds. The first kappa shape index (κ1) is 25.9. The summed E-state index contributed by atoms with van der Waals surface area (Å²) in [5, 5.41) is 41.6. The molecule has 3 rings (SSSR count). The smallest absolute Gasteiger partial charge is 0.121 e. The molecular weight excluding hydrogens is 444 g/mol. The highest BCUT2D eigenvalue weighted by Crippen LogP contribution is 2.35. The van der Waals surface area contributed by atoms with Crippen LogP contribution in [0.1, 0.15) is 44.7 Å². The molecule has 0 bridgehead atoms. The average molecular weight is 479 g/mol. The minimum Gasteiger partial charge on any atom is -0.490 e. The summed E-state index contributed by atoms with van der Waals surface area (Å²) in [7, 11) is 0. The summed E-state index contributed by atoms with van der Waals surface area (Å²) in [5.41, 5.74) is 3.66. The number of hydrogen-bond acceptors (Lipinski definition) is 6. The largest absolute Gasteiger partial charge is 0.490 e. The zero-order valence-corrected chi connectivity index (χ0v) is 20.2. The number of halogens is 1. The van der Waals surface area contributed by atoms with Crippen LogP contribution in [0.15, 0.2) is 58.4 Å². The van der Waals surface area contributed by atoms with E-state index in [1.807, 2.05) is 13.0 Å². The van der Waals surface area contributed by atoms with E-state index in [1.54, 1.807) is 13.0 Å². The van der Waals surface area contributed by atoms with Crippen LogP contribution in [0.2, 0.25) is 0 Å². The molecule has 1 saturated carbocycles. The lowest BCUT2D eigenvalue weighted by Crippen LogP contribution is -2.59. The van der Waals surface area contributed by atoms with Gasteiger partial charge in [-0.05, 0) is 68.4 Å². The van der Waals surface area contributed by atoms with E-state index in [4.69, 9.17) is 21.1 Å². The number of rotatable bonds is 9. The molecule has 5 atom stereocenters. The van der Waals surface area contributed by atoms with Crippen molar-refractivity contribution in [1.29, 1.82) is 0 Å². The minimum absolute atomic E-state index is 0.0932. The lowest BCUT2D eigenvalue weighted by Gasteiger charge is -2.41. The third-order valence-electron chi connectivity index (χ3n) is 6.16. The summed E-state index contributed by atoms with van der Waals surface area (Å²) >= 11 is 6.49. The fourth-order valence-electron chi connectivity index (χ4n) is 3.89. The number of aliphatic hydroxyl groups excluding tert-OH is 4. The first-order valence-corrected chi connectivity index (χ1v) is 11.9. The molecule has 0 unspecified atom stereocenters. The average Bonchev–Trinajstić information content (AvgIpc) is 3.64. The Bertz CT molecular complexity index is 881. The lowest BCUT2D eigenvalue weighted by atomic mass is 9.88. The van der Waals surface area contributed by atoms with E-state index in [9.17, 15) is 20.4 Å². The maximum atomic E-state index is 10.8. The van der Waals surface area contributed by atoms with Gasteiger partial charge in [-0.1, -0.05) is 42.8 Å². The van der Waals surface area contributed by atoms with Crippen LogP contribution in [0.4, 0.5) is 0 Å². The molecular formula is C26H35ClO6. The Morgan fingerprint density at radius 2 is 1.73 bits per heavy atom. The van der Waals surface area contributed by atoms with Crippen LogP contribution in [-0.4, -0.2) is 63.7 Å². The SMILES string of the molecule is C\C=C(OC1CC1)/C(=C\C(Cc1ccc(CC)cc1)=C(/C)Cl)[C@@H]1O[C@H](CO)[C@@H](O)[C@H](O)[C@H]1O. The van der Waals surface area contributed by atoms with Crippen molar-refractivity contribution in [2.24, 2.45) is 0 Å². The first-order valence-electron chi connectivity index (χ1n) is 11.6. The Morgan fingerprint density at radius 1 is 1.09 bits per heavy atom. The van der Waals surface area contributed by atoms with Crippen molar-refractivity contribution in [2.45, 2.75) is 83.1 Å². The van der Waals surface area contributed by atoms with Gasteiger partial charge in [-0.3, -0.25) is 0 Å². The van der Waals surface area contributed by atoms with Gasteiger partial charge in [-0.15, -0.1) is 0 Å². The number of allylic oxidation sites excluding steroid dienone is 4. The van der Waals surface area contributed by atoms with Crippen LogP contribution in [0, 0.1) is 0 Å². The van der Waals surface area contributed by atoms with Gasteiger partial charge in [0.15, 0.2) is 0 Å². The van der Waals surface area contributed by atoms with Crippen LogP contribution >= 0.6 is 11.6 Å². The van der Waals surface area contributed by atoms with E-state index >= 15 is 0 Å². The second-order valence-corrected chi connectivity index (χ2v) is 9.29. The summed E-state index contributed by atoms with van der Waals surface area (Å²) < 4.78 is 12.0. The number of hydrogen-bond donors (Lipinski definition) is 4. The Labute approximate surface area is 200 Å². The molecule has 0 spiro atoms. The summed E-state index contributed by atoms with van der Waals surface area (Å²) in [6, 6.07) is 8.31. The van der Waals surface area contributed by atoms with E-state index in [-0.39, 0.29) is 6.10 Å². The Balaban J connectivity index is 1.99. The number of ether oxygens (including phenoxy) is 2. The first-order chi connectivity index (χ1) is 15.8. The summed E-state index contributed by atoms with van der Waals surface area (Å²) in [4.78, 5) is 0. The van der Waals surface area contributed by atoms with Crippen molar-refractivity contribution in [1.82, 2.24) is 0 Å². The third kappa shape index (κ3) is 6.47. The van der Waals surface area contributed by atoms with Gasteiger partial charge in [0.2, 0.25) is 0 Å². The highest BCUT2D eigenvalue weighted by atomic mass is 35.5. The standard InChI is InChI=1S/C26H35ClO6/c1-4-16-6-8-17(9-7-16)12-18(15(3)27)13-20(21(5-2)32-19-10-11-19)26-25(31)24(30)23(29)22(14-28)33-26/h5-9,13,19,22-26,28-31H,4,10-12,14H2,1-3H3/b18-15+,20-13+,21-5+/t22-,23-,24+,25-,26+/m1/s1. The molecule has 0 aromatic heterocycles. The summed E-state index contributed by atoms with van der Waals surface area (Å²) in [5.74, 6) is 0.526. The number of aliphatic hydroxyl groups is 4. The maximum absolute atomic E-state index is 10.8. The van der Waals surface area contributed by atoms with Crippen molar-refractivity contribution in [3.63, 3.8) is 0 Å². The van der Waals surface area contributed by atoms with Crippen LogP contribution < -0.4 is 0 Å².